The van der Waals surface area contributed by atoms with Crippen molar-refractivity contribution in [1.82, 2.24) is 15.0 Å². The number of rotatable bonds is 7. The fraction of sp³-hybridized carbons (Fsp3) is 0.643. The van der Waals surface area contributed by atoms with Gasteiger partial charge >= 0.3 is 0 Å². The normalized spacial score (nSPS) is 22.6. The third-order valence-corrected chi connectivity index (χ3v) is 6.32. The first-order valence-electron chi connectivity index (χ1n) is 7.30. The molecular formula is C14H23N3O2S2. The molecule has 2 unspecified atom stereocenters. The van der Waals surface area contributed by atoms with E-state index < -0.39 is 10.0 Å². The van der Waals surface area contributed by atoms with E-state index in [9.17, 15) is 8.42 Å². The van der Waals surface area contributed by atoms with E-state index in [0.717, 1.165) is 30.6 Å². The number of hydrogen-bond donors (Lipinski definition) is 2. The van der Waals surface area contributed by atoms with Crippen molar-refractivity contribution >= 4 is 21.8 Å². The Morgan fingerprint density at radius 3 is 2.81 bits per heavy atom. The molecule has 1 fully saturated rings. The summed E-state index contributed by atoms with van der Waals surface area (Å²) in [5.74, 6) is 1.01. The monoisotopic (exact) mass is 329 g/mol. The smallest absolute Gasteiger partial charge is 0.258 e. The first-order valence-corrected chi connectivity index (χ1v) is 9.83. The van der Waals surface area contributed by atoms with Gasteiger partial charge in [0.05, 0.1) is 0 Å². The van der Waals surface area contributed by atoms with E-state index in [4.69, 9.17) is 0 Å². The molecule has 0 amide bonds. The Kier molecular flexibility index (Phi) is 6.04. The second-order valence-corrected chi connectivity index (χ2v) is 8.36. The van der Waals surface area contributed by atoms with Crippen molar-refractivity contribution in [1.29, 1.82) is 0 Å². The predicted octanol–water partition coefficient (Wildman–Crippen LogP) is 1.75. The van der Waals surface area contributed by atoms with Crippen LogP contribution in [0.2, 0.25) is 0 Å². The zero-order chi connectivity index (χ0) is 15.3. The van der Waals surface area contributed by atoms with Crippen LogP contribution in [0.3, 0.4) is 0 Å². The Balaban J connectivity index is 2.07. The lowest BCUT2D eigenvalue weighted by Gasteiger charge is -2.19. The average molecular weight is 329 g/mol. The maximum Gasteiger partial charge on any atom is 0.258 e. The van der Waals surface area contributed by atoms with Crippen molar-refractivity contribution in [3.8, 4) is 0 Å². The molecule has 21 heavy (non-hydrogen) atoms. The number of hydrogen-bond acceptors (Lipinski definition) is 5. The third-order valence-electron chi connectivity index (χ3n) is 3.59. The summed E-state index contributed by atoms with van der Waals surface area (Å²) in [6.45, 7) is 2.79. The minimum atomic E-state index is -3.52. The first-order chi connectivity index (χ1) is 10.1. The van der Waals surface area contributed by atoms with Gasteiger partial charge in [0.2, 0.25) is 0 Å². The van der Waals surface area contributed by atoms with Crippen molar-refractivity contribution in [3.05, 3.63) is 23.9 Å². The van der Waals surface area contributed by atoms with Crippen LogP contribution in [0.1, 0.15) is 31.7 Å². The van der Waals surface area contributed by atoms with Crippen LogP contribution < -0.4 is 10.0 Å². The third kappa shape index (κ3) is 4.42. The highest BCUT2D eigenvalue weighted by atomic mass is 32.2. The van der Waals surface area contributed by atoms with Crippen molar-refractivity contribution in [2.24, 2.45) is 0 Å². The van der Waals surface area contributed by atoms with Gasteiger partial charge in [-0.3, -0.25) is 0 Å². The number of pyridine rings is 1. The highest BCUT2D eigenvalue weighted by molar-refractivity contribution is 8.00. The molecule has 0 aliphatic heterocycles. The Bertz CT molecular complexity index is 546. The molecule has 7 heteroatoms. The second kappa shape index (κ2) is 7.58. The zero-order valence-corrected chi connectivity index (χ0v) is 14.1. The molecule has 0 radical (unpaired) electrons. The Morgan fingerprint density at radius 1 is 1.38 bits per heavy atom. The maximum atomic E-state index is 12.4. The van der Waals surface area contributed by atoms with Crippen LogP contribution in [-0.2, 0) is 16.6 Å². The molecule has 0 saturated heterocycles. The zero-order valence-electron chi connectivity index (χ0n) is 12.5. The standard InChI is InChI=1S/C14H23N3O2S2/c1-3-20-13-6-4-5-12(13)17-21(18,19)14-8-7-11(9-15-2)10-16-14/h7-8,10,12-13,15,17H,3-6,9H2,1-2H3. The summed E-state index contributed by atoms with van der Waals surface area (Å²) < 4.78 is 27.6. The molecule has 1 aliphatic carbocycles. The van der Waals surface area contributed by atoms with E-state index in [1.807, 2.05) is 18.8 Å². The summed E-state index contributed by atoms with van der Waals surface area (Å²) in [5, 5.41) is 3.50. The summed E-state index contributed by atoms with van der Waals surface area (Å²) in [5.41, 5.74) is 0.969. The Hall–Kier alpha value is -0.630. The van der Waals surface area contributed by atoms with E-state index in [1.165, 1.54) is 0 Å². The van der Waals surface area contributed by atoms with Crippen LogP contribution in [0, 0.1) is 0 Å². The summed E-state index contributed by atoms with van der Waals surface area (Å²) in [6, 6.07) is 3.40. The molecule has 2 N–H and O–H groups in total. The van der Waals surface area contributed by atoms with Gasteiger partial charge in [-0.1, -0.05) is 19.4 Å². The molecule has 1 aromatic rings. The largest absolute Gasteiger partial charge is 0.316 e. The van der Waals surface area contributed by atoms with Crippen LogP contribution in [0.4, 0.5) is 0 Å². The lowest BCUT2D eigenvalue weighted by Crippen LogP contribution is -2.39. The van der Waals surface area contributed by atoms with Gasteiger partial charge in [0.15, 0.2) is 5.03 Å². The number of nitrogens with zero attached hydrogens (tertiary/aromatic N) is 1. The van der Waals surface area contributed by atoms with Crippen LogP contribution >= 0.6 is 11.8 Å². The summed E-state index contributed by atoms with van der Waals surface area (Å²) in [4.78, 5) is 4.08. The SMILES string of the molecule is CCSC1CCCC1NS(=O)(=O)c1ccc(CNC)cn1. The van der Waals surface area contributed by atoms with Gasteiger partial charge in [-0.2, -0.15) is 11.8 Å². The molecule has 1 aromatic heterocycles. The number of sulfonamides is 1. The molecule has 0 bridgehead atoms. The Labute approximate surface area is 131 Å². The van der Waals surface area contributed by atoms with E-state index in [2.05, 4.69) is 21.9 Å². The van der Waals surface area contributed by atoms with E-state index in [1.54, 1.807) is 18.3 Å². The van der Waals surface area contributed by atoms with Gasteiger partial charge in [-0.05, 0) is 37.3 Å². The van der Waals surface area contributed by atoms with Gasteiger partial charge in [0.25, 0.3) is 10.0 Å². The molecule has 0 spiro atoms. The van der Waals surface area contributed by atoms with Crippen LogP contribution in [-0.4, -0.2) is 37.5 Å². The van der Waals surface area contributed by atoms with Crippen molar-refractivity contribution in [2.45, 2.75) is 49.0 Å². The van der Waals surface area contributed by atoms with E-state index in [0.29, 0.717) is 11.8 Å². The number of thioether (sulfide) groups is 1. The average Bonchev–Trinajstić information content (AvgIpc) is 2.87. The van der Waals surface area contributed by atoms with Crippen molar-refractivity contribution in [3.63, 3.8) is 0 Å². The molecule has 2 rings (SSSR count). The maximum absolute atomic E-state index is 12.4. The van der Waals surface area contributed by atoms with Crippen molar-refractivity contribution < 1.29 is 8.42 Å². The summed E-state index contributed by atoms with van der Waals surface area (Å²) in [6.07, 6.45) is 4.69. The molecule has 1 saturated carbocycles. The van der Waals surface area contributed by atoms with Gasteiger partial charge < -0.3 is 5.32 Å². The second-order valence-electron chi connectivity index (χ2n) is 5.19. The van der Waals surface area contributed by atoms with Gasteiger partial charge in [-0.25, -0.2) is 18.1 Å². The minimum absolute atomic E-state index is 0.0266. The fourth-order valence-electron chi connectivity index (χ4n) is 2.61. The quantitative estimate of drug-likeness (QED) is 0.797. The molecule has 5 nitrogen and oxygen atoms in total. The lowest BCUT2D eigenvalue weighted by molar-refractivity contribution is 0.551. The molecular weight excluding hydrogens is 306 g/mol. The molecule has 0 aromatic carbocycles. The molecule has 1 heterocycles. The predicted molar refractivity (Wildman–Crippen MR) is 86.9 cm³/mol. The van der Waals surface area contributed by atoms with Crippen molar-refractivity contribution in [2.75, 3.05) is 12.8 Å². The van der Waals surface area contributed by atoms with Gasteiger partial charge in [0.1, 0.15) is 0 Å². The Morgan fingerprint density at radius 2 is 2.19 bits per heavy atom. The fourth-order valence-corrected chi connectivity index (χ4v) is 5.14. The lowest BCUT2D eigenvalue weighted by atomic mass is 10.3. The minimum Gasteiger partial charge on any atom is -0.316 e. The summed E-state index contributed by atoms with van der Waals surface area (Å²) >= 11 is 1.84. The van der Waals surface area contributed by atoms with Crippen LogP contribution in [0.15, 0.2) is 23.4 Å². The van der Waals surface area contributed by atoms with Gasteiger partial charge in [0, 0.05) is 24.0 Å². The van der Waals surface area contributed by atoms with Crippen LogP contribution in [0.25, 0.3) is 0 Å². The first kappa shape index (κ1) is 16.7. The van der Waals surface area contributed by atoms with Crippen LogP contribution in [0.5, 0.6) is 0 Å². The molecule has 118 valence electrons. The number of nitrogens with one attached hydrogen (secondary N) is 2. The van der Waals surface area contributed by atoms with E-state index in [-0.39, 0.29) is 11.1 Å². The highest BCUT2D eigenvalue weighted by Crippen LogP contribution is 2.30. The number of aromatic nitrogens is 1. The van der Waals surface area contributed by atoms with E-state index >= 15 is 0 Å². The molecule has 2 atom stereocenters. The molecule has 1 aliphatic rings. The van der Waals surface area contributed by atoms with Gasteiger partial charge in [-0.15, -0.1) is 0 Å². The topological polar surface area (TPSA) is 71.1 Å². The summed E-state index contributed by atoms with van der Waals surface area (Å²) in [7, 11) is -1.68. The highest BCUT2D eigenvalue weighted by Gasteiger charge is 2.31.